The molecule has 0 spiro atoms. The Morgan fingerprint density at radius 3 is 2.77 bits per heavy atom. The van der Waals surface area contributed by atoms with Gasteiger partial charge >= 0.3 is 0 Å². The number of amides is 2. The summed E-state index contributed by atoms with van der Waals surface area (Å²) in [6, 6.07) is 14.3. The number of halogens is 2. The number of benzene rings is 2. The van der Waals surface area contributed by atoms with Crippen LogP contribution in [0.2, 0.25) is 5.02 Å². The largest absolute Gasteiger partial charge is 0.450 e. The average Bonchev–Trinajstić information content (AvgIpc) is 3.18. The number of hydrogen-bond acceptors (Lipinski definition) is 4. The van der Waals surface area contributed by atoms with Crippen LogP contribution in [-0.4, -0.2) is 36.3 Å². The Bertz CT molecular complexity index is 1180. The molecule has 0 saturated carbocycles. The van der Waals surface area contributed by atoms with Gasteiger partial charge in [0.15, 0.2) is 5.76 Å². The van der Waals surface area contributed by atoms with Crippen molar-refractivity contribution in [3.8, 4) is 28.5 Å². The molecule has 1 saturated heterocycles. The van der Waals surface area contributed by atoms with Crippen LogP contribution in [-0.2, 0) is 4.79 Å². The van der Waals surface area contributed by atoms with E-state index in [2.05, 4.69) is 11.4 Å². The molecule has 8 heteroatoms. The smallest absolute Gasteiger partial charge is 0.290 e. The van der Waals surface area contributed by atoms with E-state index in [1.165, 1.54) is 23.1 Å². The van der Waals surface area contributed by atoms with E-state index in [0.29, 0.717) is 41.1 Å². The summed E-state index contributed by atoms with van der Waals surface area (Å²) in [6.07, 6.45) is 0. The van der Waals surface area contributed by atoms with Gasteiger partial charge in [0.25, 0.3) is 5.91 Å². The quantitative estimate of drug-likeness (QED) is 0.693. The number of nitrogens with one attached hydrogen (secondary N) is 1. The summed E-state index contributed by atoms with van der Waals surface area (Å²) in [7, 11) is 0. The van der Waals surface area contributed by atoms with Gasteiger partial charge in [-0.1, -0.05) is 23.7 Å². The van der Waals surface area contributed by atoms with Crippen LogP contribution in [0.15, 0.2) is 52.9 Å². The predicted molar refractivity (Wildman–Crippen MR) is 108 cm³/mol. The van der Waals surface area contributed by atoms with Crippen LogP contribution < -0.4 is 5.32 Å². The van der Waals surface area contributed by atoms with Crippen LogP contribution in [0.3, 0.4) is 0 Å². The first-order valence-electron chi connectivity index (χ1n) is 9.11. The second kappa shape index (κ2) is 8.01. The highest BCUT2D eigenvalue weighted by Crippen LogP contribution is 2.37. The Morgan fingerprint density at radius 2 is 2.03 bits per heavy atom. The van der Waals surface area contributed by atoms with Crippen LogP contribution in [0.25, 0.3) is 22.5 Å². The monoisotopic (exact) mass is 423 g/mol. The molecule has 0 bridgehead atoms. The van der Waals surface area contributed by atoms with Crippen molar-refractivity contribution in [2.24, 2.45) is 0 Å². The van der Waals surface area contributed by atoms with Gasteiger partial charge in [0.2, 0.25) is 5.91 Å². The fourth-order valence-corrected chi connectivity index (χ4v) is 3.55. The van der Waals surface area contributed by atoms with Crippen molar-refractivity contribution in [2.45, 2.75) is 0 Å². The number of hydrogen-bond donors (Lipinski definition) is 1. The van der Waals surface area contributed by atoms with E-state index in [0.717, 1.165) is 0 Å². The van der Waals surface area contributed by atoms with E-state index in [1.54, 1.807) is 30.3 Å². The highest BCUT2D eigenvalue weighted by Gasteiger charge is 2.27. The Labute approximate surface area is 176 Å². The van der Waals surface area contributed by atoms with Crippen LogP contribution in [0.1, 0.15) is 16.1 Å². The van der Waals surface area contributed by atoms with Crippen molar-refractivity contribution in [3.05, 3.63) is 70.7 Å². The zero-order valence-electron chi connectivity index (χ0n) is 15.6. The minimum Gasteiger partial charge on any atom is -0.450 e. The molecule has 1 aliphatic heterocycles. The van der Waals surface area contributed by atoms with Gasteiger partial charge in [0.1, 0.15) is 18.1 Å². The van der Waals surface area contributed by atoms with Gasteiger partial charge in [-0.2, -0.15) is 5.26 Å². The van der Waals surface area contributed by atoms with Crippen molar-refractivity contribution in [3.63, 3.8) is 0 Å². The second-order valence-corrected chi connectivity index (χ2v) is 7.22. The molecule has 1 aliphatic rings. The van der Waals surface area contributed by atoms with Gasteiger partial charge in [0, 0.05) is 29.2 Å². The van der Waals surface area contributed by atoms with Gasteiger partial charge in [0.05, 0.1) is 11.6 Å². The number of rotatable bonds is 3. The van der Waals surface area contributed by atoms with E-state index in [-0.39, 0.29) is 23.2 Å². The van der Waals surface area contributed by atoms with Crippen molar-refractivity contribution >= 4 is 23.4 Å². The van der Waals surface area contributed by atoms with Crippen molar-refractivity contribution in [1.82, 2.24) is 10.2 Å². The lowest BCUT2D eigenvalue weighted by molar-refractivity contribution is -0.123. The molecule has 0 radical (unpaired) electrons. The van der Waals surface area contributed by atoms with Gasteiger partial charge in [-0.25, -0.2) is 4.39 Å². The van der Waals surface area contributed by atoms with Crippen molar-refractivity contribution in [2.75, 3.05) is 19.6 Å². The molecule has 2 aromatic carbocycles. The standard InChI is InChI=1S/C22H15ClFN3O3/c23-16-7-15(8-17(24)9-16)18-10-19(22(29)27-5-4-26-20(28)12-27)30-21(18)14-3-1-2-13(6-14)11-25/h1-3,6-10H,4-5,12H2,(H,26,28). The number of furan rings is 1. The van der Waals surface area contributed by atoms with E-state index < -0.39 is 11.7 Å². The minimum absolute atomic E-state index is 0.0115. The SMILES string of the molecule is N#Cc1cccc(-c2oc(C(=O)N3CCNC(=O)C3)cc2-c2cc(F)cc(Cl)c2)c1. The molecule has 2 heterocycles. The van der Waals surface area contributed by atoms with Gasteiger partial charge in [-0.15, -0.1) is 0 Å². The molecule has 6 nitrogen and oxygen atoms in total. The second-order valence-electron chi connectivity index (χ2n) is 6.78. The molecule has 0 atom stereocenters. The normalized spacial score (nSPS) is 13.6. The lowest BCUT2D eigenvalue weighted by Gasteiger charge is -2.25. The van der Waals surface area contributed by atoms with Crippen molar-refractivity contribution < 1.29 is 18.4 Å². The number of nitriles is 1. The molecule has 1 N–H and O–H groups in total. The molecule has 30 heavy (non-hydrogen) atoms. The summed E-state index contributed by atoms with van der Waals surface area (Å²) in [4.78, 5) is 26.0. The minimum atomic E-state index is -0.531. The first-order chi connectivity index (χ1) is 14.4. The fraction of sp³-hybridized carbons (Fsp3) is 0.136. The average molecular weight is 424 g/mol. The summed E-state index contributed by atoms with van der Waals surface area (Å²) in [5.41, 5.74) is 1.85. The third-order valence-corrected chi connectivity index (χ3v) is 4.91. The highest BCUT2D eigenvalue weighted by atomic mass is 35.5. The molecule has 0 unspecified atom stereocenters. The van der Waals surface area contributed by atoms with Crippen LogP contribution in [0, 0.1) is 17.1 Å². The van der Waals surface area contributed by atoms with Crippen LogP contribution in [0.5, 0.6) is 0 Å². The maximum absolute atomic E-state index is 14.0. The van der Waals surface area contributed by atoms with Crippen LogP contribution in [0.4, 0.5) is 4.39 Å². The molecule has 1 aromatic heterocycles. The number of piperazine rings is 1. The molecular formula is C22H15ClFN3O3. The van der Waals surface area contributed by atoms with Gasteiger partial charge < -0.3 is 14.6 Å². The number of nitrogens with zero attached hydrogens (tertiary/aromatic N) is 2. The highest BCUT2D eigenvalue weighted by molar-refractivity contribution is 6.30. The van der Waals surface area contributed by atoms with E-state index in [4.69, 9.17) is 16.0 Å². The molecule has 3 aromatic rings. The van der Waals surface area contributed by atoms with Gasteiger partial charge in [-0.3, -0.25) is 9.59 Å². The third-order valence-electron chi connectivity index (χ3n) is 4.70. The lowest BCUT2D eigenvalue weighted by Crippen LogP contribution is -2.49. The first-order valence-corrected chi connectivity index (χ1v) is 9.49. The first kappa shape index (κ1) is 19.7. The summed E-state index contributed by atoms with van der Waals surface area (Å²) >= 11 is 6.02. The van der Waals surface area contributed by atoms with E-state index in [9.17, 15) is 19.2 Å². The summed E-state index contributed by atoms with van der Waals surface area (Å²) in [5, 5.41) is 12.1. The Balaban J connectivity index is 1.84. The maximum atomic E-state index is 14.0. The fourth-order valence-electron chi connectivity index (χ4n) is 3.33. The van der Waals surface area contributed by atoms with Gasteiger partial charge in [-0.05, 0) is 42.0 Å². The van der Waals surface area contributed by atoms with Crippen LogP contribution >= 0.6 is 11.6 Å². The topological polar surface area (TPSA) is 86.3 Å². The Kier molecular flexibility index (Phi) is 5.25. The molecule has 2 amide bonds. The molecule has 150 valence electrons. The molecule has 1 fully saturated rings. The zero-order valence-corrected chi connectivity index (χ0v) is 16.4. The maximum Gasteiger partial charge on any atom is 0.290 e. The number of carbonyl (C=O) groups is 2. The molecule has 4 rings (SSSR count). The van der Waals surface area contributed by atoms with Crippen molar-refractivity contribution in [1.29, 1.82) is 5.26 Å². The summed E-state index contributed by atoms with van der Waals surface area (Å²) in [5.74, 6) is -0.913. The van der Waals surface area contributed by atoms with E-state index >= 15 is 0 Å². The zero-order chi connectivity index (χ0) is 21.3. The lowest BCUT2D eigenvalue weighted by atomic mass is 10.0. The Hall–Kier alpha value is -3.63. The molecule has 0 aliphatic carbocycles. The summed E-state index contributed by atoms with van der Waals surface area (Å²) < 4.78 is 19.9. The predicted octanol–water partition coefficient (Wildman–Crippen LogP) is 3.85. The molecular weight excluding hydrogens is 409 g/mol. The van der Waals surface area contributed by atoms with E-state index in [1.807, 2.05) is 0 Å². The summed E-state index contributed by atoms with van der Waals surface area (Å²) in [6.45, 7) is 0.639. The Morgan fingerprint density at radius 1 is 1.20 bits per heavy atom. The number of carbonyl (C=O) groups excluding carboxylic acids is 2. The third kappa shape index (κ3) is 3.91.